The molecule has 0 saturated carbocycles. The number of nitrogens with one attached hydrogen (secondary N) is 3. The van der Waals surface area contributed by atoms with Crippen LogP contribution in [0.15, 0.2) is 69.8 Å². The number of amides is 1. The summed E-state index contributed by atoms with van der Waals surface area (Å²) in [7, 11) is 0. The van der Waals surface area contributed by atoms with Gasteiger partial charge in [-0.1, -0.05) is 43.8 Å². The highest BCUT2D eigenvalue weighted by Gasteiger charge is 2.21. The van der Waals surface area contributed by atoms with E-state index in [0.29, 0.717) is 47.0 Å². The Balaban J connectivity index is 1.67. The number of anilines is 1. The number of fused-ring (bicyclic) bond motifs is 1. The van der Waals surface area contributed by atoms with Crippen molar-refractivity contribution in [1.82, 2.24) is 25.2 Å². The van der Waals surface area contributed by atoms with Crippen LogP contribution in [0.2, 0.25) is 0 Å². The predicted octanol–water partition coefficient (Wildman–Crippen LogP) is 4.79. The Morgan fingerprint density at radius 3 is 2.57 bits per heavy atom. The number of carbonyl (C=O) groups is 1. The first-order chi connectivity index (χ1) is 20.2. The lowest BCUT2D eigenvalue weighted by Crippen LogP contribution is -2.29. The normalized spacial score (nSPS) is 13.0. The average molecular weight is 590 g/mol. The molecule has 2 aromatic heterocycles. The Hall–Kier alpha value is -4.42. The molecule has 1 aliphatic rings. The van der Waals surface area contributed by atoms with E-state index >= 15 is 0 Å². The number of rotatable bonds is 8. The second-order valence-corrected chi connectivity index (χ2v) is 10.8. The van der Waals surface area contributed by atoms with Gasteiger partial charge in [0, 0.05) is 41.7 Å². The number of carbonyl (C=O) groups excluding carboxylic acids is 1. The molecule has 12 heteroatoms. The number of amidine groups is 1. The number of pyridine rings is 1. The van der Waals surface area contributed by atoms with E-state index in [1.54, 1.807) is 18.2 Å². The number of hydrogen-bond donors (Lipinski definition) is 3. The van der Waals surface area contributed by atoms with Gasteiger partial charge < -0.3 is 16.0 Å². The lowest BCUT2D eigenvalue weighted by atomic mass is 9.99. The third-order valence-electron chi connectivity index (χ3n) is 6.46. The van der Waals surface area contributed by atoms with Crippen LogP contribution in [0, 0.1) is 18.6 Å². The number of para-hydroxylation sites is 1. The van der Waals surface area contributed by atoms with Crippen molar-refractivity contribution in [2.45, 2.75) is 26.8 Å². The average Bonchev–Trinajstić information content (AvgIpc) is 2.96. The number of benzene rings is 2. The summed E-state index contributed by atoms with van der Waals surface area (Å²) in [5.74, 6) is -2.00. The molecule has 0 bridgehead atoms. The molecule has 4 aromatic rings. The molecule has 0 spiro atoms. The standard InChI is InChI=1S/C30H29F2N7O2S/c1-17(2)33-13-14-34-29-36-25(21-16-19(9-8-18(21)3)28(41)38-30-35-12-5-15-42-30)20-10-11-24(40)39(27(20)37-29)26-22(31)6-4-7-23(26)32/h4-11,15-17,33H,12-14H2,1-3H3,(H,34,36,37)(H,35,38,41). The smallest absolute Gasteiger partial charge is 0.257 e. The Kier molecular flexibility index (Phi) is 8.74. The Morgan fingerprint density at radius 2 is 1.86 bits per heavy atom. The number of hydrogen-bond acceptors (Lipinski definition) is 8. The predicted molar refractivity (Wildman–Crippen MR) is 163 cm³/mol. The van der Waals surface area contributed by atoms with E-state index in [0.717, 1.165) is 22.3 Å². The van der Waals surface area contributed by atoms with Gasteiger partial charge in [0.1, 0.15) is 17.3 Å². The van der Waals surface area contributed by atoms with E-state index in [4.69, 9.17) is 4.98 Å². The molecule has 0 aliphatic carbocycles. The molecular weight excluding hydrogens is 560 g/mol. The third kappa shape index (κ3) is 6.24. The van der Waals surface area contributed by atoms with Crippen molar-refractivity contribution < 1.29 is 13.6 Å². The highest BCUT2D eigenvalue weighted by Crippen LogP contribution is 2.31. The van der Waals surface area contributed by atoms with E-state index in [2.05, 4.69) is 25.9 Å². The van der Waals surface area contributed by atoms with E-state index < -0.39 is 22.9 Å². The van der Waals surface area contributed by atoms with Gasteiger partial charge in [-0.25, -0.2) is 13.8 Å². The van der Waals surface area contributed by atoms with Crippen LogP contribution in [-0.4, -0.2) is 51.3 Å². The largest absolute Gasteiger partial charge is 0.353 e. The van der Waals surface area contributed by atoms with Gasteiger partial charge in [-0.2, -0.15) is 4.98 Å². The van der Waals surface area contributed by atoms with Gasteiger partial charge in [-0.15, -0.1) is 0 Å². The van der Waals surface area contributed by atoms with Gasteiger partial charge in [0.2, 0.25) is 5.95 Å². The SMILES string of the molecule is Cc1ccc(C(=O)NC2=NCC=CS2)cc1-c1nc(NCCNC(C)C)nc2c1ccc(=O)n2-c1c(F)cccc1F. The first-order valence-electron chi connectivity index (χ1n) is 13.4. The summed E-state index contributed by atoms with van der Waals surface area (Å²) in [5.41, 5.74) is 0.971. The van der Waals surface area contributed by atoms with Crippen LogP contribution < -0.4 is 21.5 Å². The highest BCUT2D eigenvalue weighted by atomic mass is 32.2. The van der Waals surface area contributed by atoms with Crippen LogP contribution in [0.1, 0.15) is 29.8 Å². The fraction of sp³-hybridized carbons (Fsp3) is 0.233. The van der Waals surface area contributed by atoms with Gasteiger partial charge >= 0.3 is 0 Å². The maximum absolute atomic E-state index is 15.0. The Labute approximate surface area is 245 Å². The summed E-state index contributed by atoms with van der Waals surface area (Å²) in [6.07, 6.45) is 1.89. The van der Waals surface area contributed by atoms with Crippen molar-refractivity contribution in [2.24, 2.45) is 4.99 Å². The van der Waals surface area contributed by atoms with Gasteiger partial charge in [0.25, 0.3) is 11.5 Å². The van der Waals surface area contributed by atoms with Crippen molar-refractivity contribution >= 4 is 39.8 Å². The van der Waals surface area contributed by atoms with E-state index in [1.165, 1.54) is 30.0 Å². The molecule has 9 nitrogen and oxygen atoms in total. The molecule has 0 fully saturated rings. The molecule has 42 heavy (non-hydrogen) atoms. The van der Waals surface area contributed by atoms with Crippen LogP contribution in [0.5, 0.6) is 0 Å². The zero-order chi connectivity index (χ0) is 29.8. The van der Waals surface area contributed by atoms with Crippen molar-refractivity contribution in [2.75, 3.05) is 25.0 Å². The fourth-order valence-electron chi connectivity index (χ4n) is 4.44. The molecule has 0 radical (unpaired) electrons. The first-order valence-corrected chi connectivity index (χ1v) is 14.2. The lowest BCUT2D eigenvalue weighted by molar-refractivity contribution is 0.0978. The minimum Gasteiger partial charge on any atom is -0.353 e. The topological polar surface area (TPSA) is 113 Å². The molecule has 3 heterocycles. The zero-order valence-electron chi connectivity index (χ0n) is 23.2. The number of thioether (sulfide) groups is 1. The van der Waals surface area contributed by atoms with Crippen molar-refractivity contribution in [1.29, 1.82) is 0 Å². The van der Waals surface area contributed by atoms with Gasteiger partial charge in [-0.3, -0.25) is 19.1 Å². The number of nitrogens with zero attached hydrogens (tertiary/aromatic N) is 4. The Bertz CT molecular complexity index is 1770. The number of aliphatic imine (C=N–C) groups is 1. The number of aryl methyl sites for hydroxylation is 1. The summed E-state index contributed by atoms with van der Waals surface area (Å²) in [4.78, 5) is 39.8. The molecule has 1 amide bonds. The maximum Gasteiger partial charge on any atom is 0.257 e. The van der Waals surface area contributed by atoms with Crippen LogP contribution in [0.4, 0.5) is 14.7 Å². The van der Waals surface area contributed by atoms with E-state index in [1.807, 2.05) is 32.3 Å². The van der Waals surface area contributed by atoms with Crippen molar-refractivity contribution in [3.8, 4) is 16.9 Å². The molecule has 0 atom stereocenters. The molecule has 2 aromatic carbocycles. The van der Waals surface area contributed by atoms with Crippen molar-refractivity contribution in [3.05, 3.63) is 93.1 Å². The summed E-state index contributed by atoms with van der Waals surface area (Å²) < 4.78 is 30.8. The summed E-state index contributed by atoms with van der Waals surface area (Å²) >= 11 is 1.32. The van der Waals surface area contributed by atoms with Gasteiger partial charge in [-0.05, 0) is 48.2 Å². The molecule has 1 aliphatic heterocycles. The summed E-state index contributed by atoms with van der Waals surface area (Å²) in [6, 6.07) is 11.6. The third-order valence-corrected chi connectivity index (χ3v) is 7.25. The van der Waals surface area contributed by atoms with Crippen molar-refractivity contribution in [3.63, 3.8) is 0 Å². The van der Waals surface area contributed by atoms with Gasteiger partial charge in [0.05, 0.1) is 12.2 Å². The minimum absolute atomic E-state index is 0.0184. The minimum atomic E-state index is -0.909. The van der Waals surface area contributed by atoms with Crippen LogP contribution in [0.3, 0.4) is 0 Å². The molecule has 0 unspecified atom stereocenters. The number of aromatic nitrogens is 3. The molecule has 0 saturated heterocycles. The monoisotopic (exact) mass is 589 g/mol. The molecule has 216 valence electrons. The molecule has 5 rings (SSSR count). The summed E-state index contributed by atoms with van der Waals surface area (Å²) in [5, 5.41) is 12.0. The first kappa shape index (κ1) is 29.1. The van der Waals surface area contributed by atoms with Crippen LogP contribution in [0.25, 0.3) is 28.0 Å². The zero-order valence-corrected chi connectivity index (χ0v) is 24.1. The number of halogens is 2. The Morgan fingerprint density at radius 1 is 1.07 bits per heavy atom. The lowest BCUT2D eigenvalue weighted by Gasteiger charge is -2.17. The van der Waals surface area contributed by atoms with Crippen LogP contribution >= 0.6 is 11.8 Å². The second-order valence-electron chi connectivity index (χ2n) is 9.87. The fourth-order valence-corrected chi connectivity index (χ4v) is 5.05. The van der Waals surface area contributed by atoms with E-state index in [-0.39, 0.29) is 23.5 Å². The van der Waals surface area contributed by atoms with Gasteiger partial charge in [0.15, 0.2) is 10.8 Å². The van der Waals surface area contributed by atoms with Crippen LogP contribution in [-0.2, 0) is 0 Å². The quantitative estimate of drug-likeness (QED) is 0.253. The molecular formula is C30H29F2N7O2S. The second kappa shape index (κ2) is 12.6. The maximum atomic E-state index is 15.0. The highest BCUT2D eigenvalue weighted by molar-refractivity contribution is 8.16. The molecule has 3 N–H and O–H groups in total. The van der Waals surface area contributed by atoms with E-state index in [9.17, 15) is 18.4 Å². The summed E-state index contributed by atoms with van der Waals surface area (Å²) in [6.45, 7) is 7.45.